The number of hydrogen-bond donors (Lipinski definition) is 1. The molecule has 1 N–H and O–H groups in total. The van der Waals surface area contributed by atoms with Gasteiger partial charge in [-0.15, -0.1) is 0 Å². The average Bonchev–Trinajstić information content (AvgIpc) is 2.50. The van der Waals surface area contributed by atoms with Crippen LogP contribution in [0.1, 0.15) is 46.0 Å². The summed E-state index contributed by atoms with van der Waals surface area (Å²) in [5.41, 5.74) is 0.172. The molecule has 11 heavy (non-hydrogen) atoms. The van der Waals surface area contributed by atoms with Gasteiger partial charge in [0.15, 0.2) is 0 Å². The van der Waals surface area contributed by atoms with Crippen molar-refractivity contribution in [3.8, 4) is 0 Å². The Morgan fingerprint density at radius 1 is 1.18 bits per heavy atom. The Labute approximate surface area is 68.8 Å². The summed E-state index contributed by atoms with van der Waals surface area (Å²) >= 11 is 0. The van der Waals surface area contributed by atoms with Crippen molar-refractivity contribution in [1.82, 2.24) is 0 Å². The van der Waals surface area contributed by atoms with Crippen LogP contribution >= 0.6 is 0 Å². The largest absolute Gasteiger partial charge is 0.390 e. The van der Waals surface area contributed by atoms with Crippen LogP contribution in [-0.2, 0) is 0 Å². The summed E-state index contributed by atoms with van der Waals surface area (Å²) in [6, 6.07) is 0. The molecule has 0 spiro atoms. The quantitative estimate of drug-likeness (QED) is 0.614. The first kappa shape index (κ1) is 7.60. The van der Waals surface area contributed by atoms with E-state index >= 15 is 0 Å². The maximum atomic E-state index is 9.96. The highest BCUT2D eigenvalue weighted by Crippen LogP contribution is 2.56. The van der Waals surface area contributed by atoms with Gasteiger partial charge in [-0.25, -0.2) is 0 Å². The van der Waals surface area contributed by atoms with Crippen LogP contribution in [0.2, 0.25) is 0 Å². The lowest BCUT2D eigenvalue weighted by Crippen LogP contribution is -2.31. The van der Waals surface area contributed by atoms with Gasteiger partial charge in [0.1, 0.15) is 0 Å². The third-order valence-corrected chi connectivity index (χ3v) is 3.67. The molecule has 2 aliphatic rings. The van der Waals surface area contributed by atoms with Crippen LogP contribution in [-0.4, -0.2) is 10.7 Å². The maximum absolute atomic E-state index is 9.96. The summed E-state index contributed by atoms with van der Waals surface area (Å²) in [5.74, 6) is 0.593. The SMILES string of the molecule is CC1(C)CCCC1C1(O)CC1. The minimum Gasteiger partial charge on any atom is -0.390 e. The summed E-state index contributed by atoms with van der Waals surface area (Å²) in [5, 5.41) is 9.96. The molecule has 0 amide bonds. The van der Waals surface area contributed by atoms with E-state index < -0.39 is 0 Å². The van der Waals surface area contributed by atoms with E-state index in [2.05, 4.69) is 13.8 Å². The van der Waals surface area contributed by atoms with E-state index in [1.807, 2.05) is 0 Å². The molecule has 0 saturated heterocycles. The molecule has 2 aliphatic carbocycles. The van der Waals surface area contributed by atoms with Crippen molar-refractivity contribution in [2.45, 2.75) is 51.6 Å². The predicted molar refractivity (Wildman–Crippen MR) is 45.3 cm³/mol. The fraction of sp³-hybridized carbons (Fsp3) is 1.00. The maximum Gasteiger partial charge on any atom is 0.0683 e. The minimum atomic E-state index is -0.236. The second-order valence-electron chi connectivity index (χ2n) is 5.04. The Bertz CT molecular complexity index is 168. The summed E-state index contributed by atoms with van der Waals surface area (Å²) < 4.78 is 0. The molecule has 2 rings (SSSR count). The van der Waals surface area contributed by atoms with Crippen LogP contribution in [0.5, 0.6) is 0 Å². The monoisotopic (exact) mass is 154 g/mol. The lowest BCUT2D eigenvalue weighted by atomic mass is 9.77. The van der Waals surface area contributed by atoms with Crippen LogP contribution < -0.4 is 0 Å². The summed E-state index contributed by atoms with van der Waals surface area (Å²) in [4.78, 5) is 0. The van der Waals surface area contributed by atoms with Gasteiger partial charge in [0, 0.05) is 0 Å². The normalized spacial score (nSPS) is 39.0. The summed E-state index contributed by atoms with van der Waals surface area (Å²) in [6.45, 7) is 4.61. The highest BCUT2D eigenvalue weighted by atomic mass is 16.3. The second-order valence-corrected chi connectivity index (χ2v) is 5.04. The third kappa shape index (κ3) is 1.10. The second kappa shape index (κ2) is 2.01. The standard InChI is InChI=1S/C10H18O/c1-9(2)5-3-4-8(9)10(11)6-7-10/h8,11H,3-7H2,1-2H3. The van der Waals surface area contributed by atoms with Gasteiger partial charge >= 0.3 is 0 Å². The molecule has 0 aliphatic heterocycles. The smallest absolute Gasteiger partial charge is 0.0683 e. The lowest BCUT2D eigenvalue weighted by Gasteiger charge is -2.31. The molecule has 0 aromatic carbocycles. The van der Waals surface area contributed by atoms with Gasteiger partial charge in [-0.2, -0.15) is 0 Å². The number of rotatable bonds is 1. The first-order valence-corrected chi connectivity index (χ1v) is 4.77. The molecular weight excluding hydrogens is 136 g/mol. The molecule has 1 unspecified atom stereocenters. The van der Waals surface area contributed by atoms with Gasteiger partial charge in [0.2, 0.25) is 0 Å². The van der Waals surface area contributed by atoms with Crippen molar-refractivity contribution >= 4 is 0 Å². The molecule has 0 radical (unpaired) electrons. The van der Waals surface area contributed by atoms with Crippen LogP contribution in [0, 0.1) is 11.3 Å². The third-order valence-electron chi connectivity index (χ3n) is 3.67. The van der Waals surface area contributed by atoms with Crippen LogP contribution in [0.15, 0.2) is 0 Å². The van der Waals surface area contributed by atoms with Crippen molar-refractivity contribution < 1.29 is 5.11 Å². The first-order chi connectivity index (χ1) is 5.05. The van der Waals surface area contributed by atoms with E-state index in [4.69, 9.17) is 0 Å². The summed E-state index contributed by atoms with van der Waals surface area (Å²) in [6.07, 6.45) is 5.99. The fourth-order valence-corrected chi connectivity index (χ4v) is 2.80. The van der Waals surface area contributed by atoms with Crippen molar-refractivity contribution in [3.63, 3.8) is 0 Å². The zero-order chi connectivity index (χ0) is 8.11. The Kier molecular flexibility index (Phi) is 1.39. The zero-order valence-electron chi connectivity index (χ0n) is 7.56. The first-order valence-electron chi connectivity index (χ1n) is 4.77. The van der Waals surface area contributed by atoms with E-state index in [1.54, 1.807) is 0 Å². The average molecular weight is 154 g/mol. The number of aliphatic hydroxyl groups is 1. The molecule has 2 fully saturated rings. The van der Waals surface area contributed by atoms with Crippen LogP contribution in [0.25, 0.3) is 0 Å². The van der Waals surface area contributed by atoms with Gasteiger partial charge in [-0.3, -0.25) is 0 Å². The highest BCUT2D eigenvalue weighted by molar-refractivity contribution is 5.06. The van der Waals surface area contributed by atoms with Gasteiger partial charge in [0.05, 0.1) is 5.60 Å². The summed E-state index contributed by atoms with van der Waals surface area (Å²) in [7, 11) is 0. The minimum absolute atomic E-state index is 0.236. The van der Waals surface area contributed by atoms with E-state index in [-0.39, 0.29) is 5.60 Å². The molecule has 0 aromatic heterocycles. The van der Waals surface area contributed by atoms with Gasteiger partial charge in [-0.1, -0.05) is 20.3 Å². The van der Waals surface area contributed by atoms with E-state index in [9.17, 15) is 5.11 Å². The predicted octanol–water partition coefficient (Wildman–Crippen LogP) is 2.34. The molecule has 0 aromatic rings. The molecular formula is C10H18O. The number of hydrogen-bond acceptors (Lipinski definition) is 1. The van der Waals surface area contributed by atoms with Crippen molar-refractivity contribution in [2.24, 2.45) is 11.3 Å². The molecule has 1 atom stereocenters. The Balaban J connectivity index is 2.13. The van der Waals surface area contributed by atoms with Crippen LogP contribution in [0.3, 0.4) is 0 Å². The van der Waals surface area contributed by atoms with E-state index in [0.717, 1.165) is 12.8 Å². The Morgan fingerprint density at radius 3 is 2.18 bits per heavy atom. The molecule has 1 heteroatoms. The van der Waals surface area contributed by atoms with Gasteiger partial charge < -0.3 is 5.11 Å². The van der Waals surface area contributed by atoms with Crippen molar-refractivity contribution in [3.05, 3.63) is 0 Å². The fourth-order valence-electron chi connectivity index (χ4n) is 2.80. The molecule has 2 saturated carbocycles. The van der Waals surface area contributed by atoms with Gasteiger partial charge in [-0.05, 0) is 37.0 Å². The molecule has 0 bridgehead atoms. The molecule has 64 valence electrons. The molecule has 0 heterocycles. The Hall–Kier alpha value is -0.0400. The van der Waals surface area contributed by atoms with Crippen molar-refractivity contribution in [2.75, 3.05) is 0 Å². The molecule has 1 nitrogen and oxygen atoms in total. The topological polar surface area (TPSA) is 20.2 Å². The highest BCUT2D eigenvalue weighted by Gasteiger charge is 2.54. The van der Waals surface area contributed by atoms with Crippen LogP contribution in [0.4, 0.5) is 0 Å². The van der Waals surface area contributed by atoms with Gasteiger partial charge in [0.25, 0.3) is 0 Å². The van der Waals surface area contributed by atoms with E-state index in [0.29, 0.717) is 11.3 Å². The lowest BCUT2D eigenvalue weighted by molar-refractivity contribution is 0.0314. The zero-order valence-corrected chi connectivity index (χ0v) is 7.56. The Morgan fingerprint density at radius 2 is 1.82 bits per heavy atom. The van der Waals surface area contributed by atoms with Crippen molar-refractivity contribution in [1.29, 1.82) is 0 Å². The van der Waals surface area contributed by atoms with E-state index in [1.165, 1.54) is 19.3 Å².